The van der Waals surface area contributed by atoms with Gasteiger partial charge in [-0.2, -0.15) is 0 Å². The highest BCUT2D eigenvalue weighted by Gasteiger charge is 2.19. The molecular weight excluding hydrogens is 354 g/mol. The topological polar surface area (TPSA) is 36.5 Å². The lowest BCUT2D eigenvalue weighted by atomic mass is 10.1. The highest BCUT2D eigenvalue weighted by atomic mass is 35.5. The monoisotopic (exact) mass is 375 g/mol. The fourth-order valence-corrected chi connectivity index (χ4v) is 3.21. The van der Waals surface area contributed by atoms with Crippen molar-refractivity contribution in [2.45, 2.75) is 6.04 Å². The summed E-state index contributed by atoms with van der Waals surface area (Å²) in [6.45, 7) is 4.35. The Morgan fingerprint density at radius 1 is 1.08 bits per heavy atom. The van der Waals surface area contributed by atoms with E-state index in [0.717, 1.165) is 38.5 Å². The first kappa shape index (κ1) is 18.1. The summed E-state index contributed by atoms with van der Waals surface area (Å²) in [5.41, 5.74) is 2.13. The number of benzene rings is 2. The summed E-state index contributed by atoms with van der Waals surface area (Å²) in [5.74, 6) is 0. The Morgan fingerprint density at radius 2 is 1.76 bits per heavy atom. The highest BCUT2D eigenvalue weighted by Crippen LogP contribution is 2.17. The molecule has 1 aliphatic heterocycles. The molecule has 0 bridgehead atoms. The van der Waals surface area contributed by atoms with Gasteiger partial charge in [0.05, 0.1) is 19.3 Å². The summed E-state index contributed by atoms with van der Waals surface area (Å²) in [7, 11) is 0. The van der Waals surface area contributed by atoms with Crippen molar-refractivity contribution >= 4 is 34.6 Å². The lowest BCUT2D eigenvalue weighted by Gasteiger charge is -2.31. The largest absolute Gasteiger partial charge is 0.379 e. The molecule has 0 aromatic heterocycles. The molecule has 1 heterocycles. The molecule has 0 saturated carbocycles. The van der Waals surface area contributed by atoms with Crippen LogP contribution in [-0.4, -0.2) is 42.9 Å². The first-order chi connectivity index (χ1) is 12.2. The fourth-order valence-electron chi connectivity index (χ4n) is 2.82. The summed E-state index contributed by atoms with van der Waals surface area (Å²) < 4.78 is 5.45. The SMILES string of the molecule is S=C(Nc1ccc(Cl)cc1)N[C@H](CN1CCOCC1)c1ccccc1. The van der Waals surface area contributed by atoms with Gasteiger partial charge in [0.1, 0.15) is 0 Å². The van der Waals surface area contributed by atoms with Crippen molar-refractivity contribution in [1.82, 2.24) is 10.2 Å². The lowest BCUT2D eigenvalue weighted by Crippen LogP contribution is -2.44. The molecule has 132 valence electrons. The Morgan fingerprint density at radius 3 is 2.44 bits per heavy atom. The Kier molecular flexibility index (Phi) is 6.64. The number of thiocarbonyl (C=S) groups is 1. The summed E-state index contributed by atoms with van der Waals surface area (Å²) in [5, 5.41) is 7.98. The third kappa shape index (κ3) is 5.68. The molecule has 2 aromatic carbocycles. The van der Waals surface area contributed by atoms with Crippen LogP contribution in [-0.2, 0) is 4.74 Å². The number of nitrogens with one attached hydrogen (secondary N) is 2. The molecule has 4 nitrogen and oxygen atoms in total. The second kappa shape index (κ2) is 9.15. The standard InChI is InChI=1S/C19H22ClN3OS/c20-16-6-8-17(9-7-16)21-19(25)22-18(15-4-2-1-3-5-15)14-23-10-12-24-13-11-23/h1-9,18H,10-14H2,(H2,21,22,25)/t18-/m1/s1. The molecule has 1 saturated heterocycles. The van der Waals surface area contributed by atoms with Crippen LogP contribution >= 0.6 is 23.8 Å². The van der Waals surface area contributed by atoms with Crippen LogP contribution in [0.25, 0.3) is 0 Å². The maximum atomic E-state index is 5.93. The van der Waals surface area contributed by atoms with Gasteiger partial charge in [-0.1, -0.05) is 41.9 Å². The summed E-state index contributed by atoms with van der Waals surface area (Å²) in [6.07, 6.45) is 0. The summed E-state index contributed by atoms with van der Waals surface area (Å²) in [4.78, 5) is 2.40. The quantitative estimate of drug-likeness (QED) is 0.779. The van der Waals surface area contributed by atoms with Crippen molar-refractivity contribution in [3.8, 4) is 0 Å². The molecule has 6 heteroatoms. The van der Waals surface area contributed by atoms with Gasteiger partial charge in [-0.3, -0.25) is 4.90 Å². The minimum absolute atomic E-state index is 0.117. The van der Waals surface area contributed by atoms with Gasteiger partial charge in [0.15, 0.2) is 5.11 Å². The molecular formula is C19H22ClN3OS. The van der Waals surface area contributed by atoms with Gasteiger partial charge in [0.25, 0.3) is 0 Å². The number of ether oxygens (including phenoxy) is 1. The van der Waals surface area contributed by atoms with Crippen molar-refractivity contribution < 1.29 is 4.74 Å². The first-order valence-corrected chi connectivity index (χ1v) is 9.17. The van der Waals surface area contributed by atoms with Gasteiger partial charge in [-0.05, 0) is 42.0 Å². The summed E-state index contributed by atoms with van der Waals surface area (Å²) >= 11 is 11.4. The van der Waals surface area contributed by atoms with Crippen LogP contribution in [0, 0.1) is 0 Å². The van der Waals surface area contributed by atoms with Crippen molar-refractivity contribution in [2.24, 2.45) is 0 Å². The molecule has 25 heavy (non-hydrogen) atoms. The van der Waals surface area contributed by atoms with Gasteiger partial charge < -0.3 is 15.4 Å². The number of halogens is 1. The van der Waals surface area contributed by atoms with Crippen LogP contribution in [0.5, 0.6) is 0 Å². The number of morpholine rings is 1. The molecule has 0 radical (unpaired) electrons. The zero-order valence-electron chi connectivity index (χ0n) is 14.0. The molecule has 1 atom stereocenters. The second-order valence-electron chi connectivity index (χ2n) is 5.98. The third-order valence-electron chi connectivity index (χ3n) is 4.15. The molecule has 0 amide bonds. The van der Waals surface area contributed by atoms with Crippen molar-refractivity contribution in [3.63, 3.8) is 0 Å². The first-order valence-electron chi connectivity index (χ1n) is 8.39. The third-order valence-corrected chi connectivity index (χ3v) is 4.63. The van der Waals surface area contributed by atoms with E-state index >= 15 is 0 Å². The number of nitrogens with zero attached hydrogens (tertiary/aromatic N) is 1. The van der Waals surface area contributed by atoms with E-state index < -0.39 is 0 Å². The van der Waals surface area contributed by atoms with E-state index in [1.807, 2.05) is 30.3 Å². The van der Waals surface area contributed by atoms with Gasteiger partial charge >= 0.3 is 0 Å². The molecule has 0 unspecified atom stereocenters. The minimum Gasteiger partial charge on any atom is -0.379 e. The molecule has 3 rings (SSSR count). The Hall–Kier alpha value is -1.66. The zero-order chi connectivity index (χ0) is 17.5. The molecule has 0 aliphatic carbocycles. The number of hydrogen-bond acceptors (Lipinski definition) is 3. The van der Waals surface area contributed by atoms with Crippen LogP contribution in [0.4, 0.5) is 5.69 Å². The molecule has 1 aliphatic rings. The molecule has 2 aromatic rings. The van der Waals surface area contributed by atoms with E-state index in [-0.39, 0.29) is 6.04 Å². The van der Waals surface area contributed by atoms with E-state index in [4.69, 9.17) is 28.6 Å². The maximum absolute atomic E-state index is 5.93. The van der Waals surface area contributed by atoms with E-state index in [0.29, 0.717) is 10.1 Å². The number of rotatable bonds is 5. The minimum atomic E-state index is 0.117. The number of anilines is 1. The van der Waals surface area contributed by atoms with Gasteiger partial charge in [-0.25, -0.2) is 0 Å². The zero-order valence-corrected chi connectivity index (χ0v) is 15.5. The Bertz CT molecular complexity index is 675. The van der Waals surface area contributed by atoms with E-state index in [2.05, 4.69) is 39.8 Å². The van der Waals surface area contributed by atoms with Crippen LogP contribution in [0.2, 0.25) is 5.02 Å². The Labute approximate surface area is 159 Å². The van der Waals surface area contributed by atoms with E-state index in [1.54, 1.807) is 0 Å². The molecule has 0 spiro atoms. The maximum Gasteiger partial charge on any atom is 0.171 e. The second-order valence-corrected chi connectivity index (χ2v) is 6.83. The van der Waals surface area contributed by atoms with Crippen LogP contribution in [0.15, 0.2) is 54.6 Å². The average Bonchev–Trinajstić information content (AvgIpc) is 2.65. The van der Waals surface area contributed by atoms with Crippen LogP contribution in [0.3, 0.4) is 0 Å². The predicted octanol–water partition coefficient (Wildman–Crippen LogP) is 3.70. The van der Waals surface area contributed by atoms with Crippen molar-refractivity contribution in [3.05, 3.63) is 65.2 Å². The van der Waals surface area contributed by atoms with Gasteiger partial charge in [0.2, 0.25) is 0 Å². The van der Waals surface area contributed by atoms with E-state index in [1.165, 1.54) is 5.56 Å². The van der Waals surface area contributed by atoms with Gasteiger partial charge in [0, 0.05) is 30.3 Å². The highest BCUT2D eigenvalue weighted by molar-refractivity contribution is 7.80. The van der Waals surface area contributed by atoms with Gasteiger partial charge in [-0.15, -0.1) is 0 Å². The van der Waals surface area contributed by atoms with Crippen molar-refractivity contribution in [2.75, 3.05) is 38.2 Å². The average molecular weight is 376 g/mol. The molecule has 1 fully saturated rings. The fraction of sp³-hybridized carbons (Fsp3) is 0.316. The van der Waals surface area contributed by atoms with Crippen LogP contribution in [0.1, 0.15) is 11.6 Å². The van der Waals surface area contributed by atoms with Crippen LogP contribution < -0.4 is 10.6 Å². The normalized spacial score (nSPS) is 16.2. The summed E-state index contributed by atoms with van der Waals surface area (Å²) in [6, 6.07) is 18.0. The van der Waals surface area contributed by atoms with Crippen molar-refractivity contribution in [1.29, 1.82) is 0 Å². The smallest absolute Gasteiger partial charge is 0.171 e. The Balaban J connectivity index is 1.65. The predicted molar refractivity (Wildman–Crippen MR) is 107 cm³/mol. The van der Waals surface area contributed by atoms with E-state index in [9.17, 15) is 0 Å². The lowest BCUT2D eigenvalue weighted by molar-refractivity contribution is 0.0344. The number of hydrogen-bond donors (Lipinski definition) is 2. The molecule has 2 N–H and O–H groups in total.